The predicted octanol–water partition coefficient (Wildman–Crippen LogP) is 1.25. The maximum absolute atomic E-state index is 12.1. The molecule has 2 aromatic rings. The summed E-state index contributed by atoms with van der Waals surface area (Å²) >= 11 is 0. The molecule has 21 heavy (non-hydrogen) atoms. The van der Waals surface area contributed by atoms with Crippen LogP contribution in [0.4, 0.5) is 25.1 Å². The highest BCUT2D eigenvalue weighted by Crippen LogP contribution is 2.21. The summed E-state index contributed by atoms with van der Waals surface area (Å²) in [6, 6.07) is 0. The molecule has 0 amide bonds. The summed E-state index contributed by atoms with van der Waals surface area (Å²) in [7, 11) is 1.62. The predicted molar refractivity (Wildman–Crippen MR) is 68.1 cm³/mol. The molecule has 0 unspecified atom stereocenters. The van der Waals surface area contributed by atoms with Crippen molar-refractivity contribution in [1.29, 1.82) is 0 Å². The third-order valence-electron chi connectivity index (χ3n) is 2.39. The molecule has 0 spiro atoms. The van der Waals surface area contributed by atoms with Gasteiger partial charge in [0.25, 0.3) is 5.95 Å². The molecule has 0 fully saturated rings. The number of alkyl halides is 3. The van der Waals surface area contributed by atoms with E-state index in [9.17, 15) is 13.2 Å². The van der Waals surface area contributed by atoms with Crippen LogP contribution in [-0.4, -0.2) is 49.5 Å². The third kappa shape index (κ3) is 4.54. The quantitative estimate of drug-likeness (QED) is 0.775. The van der Waals surface area contributed by atoms with Crippen LogP contribution in [0.25, 0.3) is 5.95 Å². The summed E-state index contributed by atoms with van der Waals surface area (Å²) in [5, 5.41) is 9.35. The Kier molecular flexibility index (Phi) is 4.50. The number of hydrogen-bond acceptors (Lipinski definition) is 7. The Morgan fingerprint density at radius 3 is 2.57 bits per heavy atom. The number of nitrogens with zero attached hydrogens (tertiary/aromatic N) is 6. The number of nitrogens with one attached hydrogen (secondary N) is 2. The number of aromatic nitrogens is 6. The van der Waals surface area contributed by atoms with Gasteiger partial charge in [-0.25, -0.2) is 4.98 Å². The van der Waals surface area contributed by atoms with Gasteiger partial charge in [-0.05, 0) is 6.42 Å². The van der Waals surface area contributed by atoms with Gasteiger partial charge in [0.05, 0.1) is 0 Å². The van der Waals surface area contributed by atoms with E-state index in [1.54, 1.807) is 7.05 Å². The van der Waals surface area contributed by atoms with Gasteiger partial charge in [0, 0.05) is 20.0 Å². The molecule has 8 nitrogen and oxygen atoms in total. The van der Waals surface area contributed by atoms with Crippen LogP contribution >= 0.6 is 0 Å². The summed E-state index contributed by atoms with van der Waals surface area (Å²) in [5.74, 6) is 0.654. The molecule has 2 heterocycles. The van der Waals surface area contributed by atoms with E-state index >= 15 is 0 Å². The largest absolute Gasteiger partial charge is 0.389 e. The molecular weight excluding hydrogens is 289 g/mol. The smallest absolute Gasteiger partial charge is 0.357 e. The lowest BCUT2D eigenvalue weighted by molar-refractivity contribution is -0.134. The molecule has 0 aromatic carbocycles. The lowest BCUT2D eigenvalue weighted by Gasteiger charge is -2.09. The molecule has 0 bridgehead atoms. The molecule has 0 radical (unpaired) electrons. The van der Waals surface area contributed by atoms with Gasteiger partial charge < -0.3 is 10.6 Å². The van der Waals surface area contributed by atoms with Crippen molar-refractivity contribution < 1.29 is 13.2 Å². The van der Waals surface area contributed by atoms with E-state index in [4.69, 9.17) is 0 Å². The number of rotatable bonds is 6. The first-order valence-electron chi connectivity index (χ1n) is 6.07. The molecule has 0 aliphatic rings. The van der Waals surface area contributed by atoms with E-state index in [1.165, 1.54) is 17.3 Å². The molecule has 0 saturated heterocycles. The van der Waals surface area contributed by atoms with Crippen LogP contribution in [-0.2, 0) is 0 Å². The van der Waals surface area contributed by atoms with Gasteiger partial charge >= 0.3 is 6.18 Å². The second-order valence-corrected chi connectivity index (χ2v) is 4.02. The molecule has 0 saturated carbocycles. The zero-order valence-corrected chi connectivity index (χ0v) is 11.1. The Labute approximate surface area is 117 Å². The van der Waals surface area contributed by atoms with Crippen LogP contribution in [0.15, 0.2) is 12.7 Å². The van der Waals surface area contributed by atoms with Crippen molar-refractivity contribution in [2.75, 3.05) is 24.2 Å². The topological polar surface area (TPSA) is 93.4 Å². The molecule has 2 rings (SSSR count). The summed E-state index contributed by atoms with van der Waals surface area (Å²) in [6.07, 6.45) is -2.37. The van der Waals surface area contributed by atoms with Crippen molar-refractivity contribution in [3.05, 3.63) is 12.7 Å². The van der Waals surface area contributed by atoms with Crippen molar-refractivity contribution in [3.8, 4) is 5.95 Å². The Balaban J connectivity index is 2.04. The minimum atomic E-state index is -4.16. The molecule has 2 aromatic heterocycles. The summed E-state index contributed by atoms with van der Waals surface area (Å²) < 4.78 is 37.5. The van der Waals surface area contributed by atoms with Gasteiger partial charge in [0.1, 0.15) is 12.7 Å². The minimum Gasteiger partial charge on any atom is -0.357 e. The average Bonchev–Trinajstić information content (AvgIpc) is 2.96. The highest BCUT2D eigenvalue weighted by molar-refractivity contribution is 5.37. The molecule has 11 heteroatoms. The molecule has 0 atom stereocenters. The van der Waals surface area contributed by atoms with Crippen molar-refractivity contribution >= 4 is 11.9 Å². The zero-order chi connectivity index (χ0) is 15.3. The standard InChI is InChI=1S/C10H13F3N8/c1-14-7-18-8(16-4-2-3-10(11,12)13)20-9(19-7)21-6-15-5-17-21/h5-6H,2-4H2,1H3,(H2,14,16,18,19,20). The van der Waals surface area contributed by atoms with Crippen LogP contribution in [0, 0.1) is 0 Å². The highest BCUT2D eigenvalue weighted by atomic mass is 19.4. The Morgan fingerprint density at radius 2 is 1.95 bits per heavy atom. The SMILES string of the molecule is CNc1nc(NCCCC(F)(F)F)nc(-n2cncn2)n1. The van der Waals surface area contributed by atoms with Crippen molar-refractivity contribution in [2.24, 2.45) is 0 Å². The van der Waals surface area contributed by atoms with Gasteiger partial charge in [-0.1, -0.05) is 0 Å². The number of hydrogen-bond donors (Lipinski definition) is 2. The fraction of sp³-hybridized carbons (Fsp3) is 0.500. The van der Waals surface area contributed by atoms with Crippen molar-refractivity contribution in [3.63, 3.8) is 0 Å². The maximum atomic E-state index is 12.1. The van der Waals surface area contributed by atoms with Gasteiger partial charge in [0.2, 0.25) is 11.9 Å². The van der Waals surface area contributed by atoms with Gasteiger partial charge in [-0.3, -0.25) is 0 Å². The van der Waals surface area contributed by atoms with Gasteiger partial charge in [-0.15, -0.1) is 0 Å². The fourth-order valence-electron chi connectivity index (χ4n) is 1.46. The number of halogens is 3. The van der Waals surface area contributed by atoms with E-state index < -0.39 is 12.6 Å². The molecule has 2 N–H and O–H groups in total. The lowest BCUT2D eigenvalue weighted by Crippen LogP contribution is -2.14. The van der Waals surface area contributed by atoms with E-state index in [0.717, 1.165) is 0 Å². The third-order valence-corrected chi connectivity index (χ3v) is 2.39. The summed E-state index contributed by atoms with van der Waals surface area (Å²) in [4.78, 5) is 15.9. The van der Waals surface area contributed by atoms with Crippen molar-refractivity contribution in [1.82, 2.24) is 29.7 Å². The van der Waals surface area contributed by atoms with Crippen LogP contribution < -0.4 is 10.6 Å². The van der Waals surface area contributed by atoms with Crippen LogP contribution in [0.5, 0.6) is 0 Å². The Morgan fingerprint density at radius 1 is 1.19 bits per heavy atom. The first kappa shape index (κ1) is 14.9. The fourth-order valence-corrected chi connectivity index (χ4v) is 1.46. The summed E-state index contributed by atoms with van der Waals surface area (Å²) in [5.41, 5.74) is 0. The monoisotopic (exact) mass is 302 g/mol. The molecule has 0 aliphatic carbocycles. The molecule has 114 valence electrons. The Hall–Kier alpha value is -2.46. The first-order chi connectivity index (χ1) is 9.98. The molecular formula is C10H13F3N8. The normalized spacial score (nSPS) is 11.4. The zero-order valence-electron chi connectivity index (χ0n) is 11.1. The highest BCUT2D eigenvalue weighted by Gasteiger charge is 2.25. The first-order valence-corrected chi connectivity index (χ1v) is 6.07. The van der Waals surface area contributed by atoms with Gasteiger partial charge in [-0.2, -0.15) is 37.9 Å². The van der Waals surface area contributed by atoms with E-state index in [2.05, 4.69) is 35.7 Å². The van der Waals surface area contributed by atoms with E-state index in [-0.39, 0.29) is 30.8 Å². The lowest BCUT2D eigenvalue weighted by atomic mass is 10.3. The average molecular weight is 302 g/mol. The minimum absolute atomic E-state index is 0.0667. The summed E-state index contributed by atoms with van der Waals surface area (Å²) in [6.45, 7) is 0.101. The Bertz CT molecular complexity index is 568. The second kappa shape index (κ2) is 6.33. The maximum Gasteiger partial charge on any atom is 0.389 e. The van der Waals surface area contributed by atoms with Crippen LogP contribution in [0.2, 0.25) is 0 Å². The van der Waals surface area contributed by atoms with Crippen LogP contribution in [0.3, 0.4) is 0 Å². The van der Waals surface area contributed by atoms with E-state index in [1.807, 2.05) is 0 Å². The molecule has 0 aliphatic heterocycles. The van der Waals surface area contributed by atoms with E-state index in [0.29, 0.717) is 0 Å². The second-order valence-electron chi connectivity index (χ2n) is 4.02. The van der Waals surface area contributed by atoms with Crippen molar-refractivity contribution in [2.45, 2.75) is 19.0 Å². The van der Waals surface area contributed by atoms with Gasteiger partial charge in [0.15, 0.2) is 0 Å². The van der Waals surface area contributed by atoms with Crippen LogP contribution in [0.1, 0.15) is 12.8 Å². The number of anilines is 2.